The van der Waals surface area contributed by atoms with Gasteiger partial charge in [-0.25, -0.2) is 0 Å². The minimum atomic E-state index is -4.41. The van der Waals surface area contributed by atoms with Crippen LogP contribution in [-0.4, -0.2) is 11.0 Å². The first-order valence-electron chi connectivity index (χ1n) is 5.80. The zero-order valence-electron chi connectivity index (χ0n) is 10.6. The second-order valence-electron chi connectivity index (χ2n) is 4.31. The first kappa shape index (κ1) is 16.2. The van der Waals surface area contributed by atoms with Crippen molar-refractivity contribution in [1.29, 1.82) is 0 Å². The molecule has 0 saturated carbocycles. The lowest BCUT2D eigenvalue weighted by atomic mass is 10.1. The minimum Gasteiger partial charge on any atom is -0.324 e. The zero-order valence-corrected chi connectivity index (χ0v) is 11.5. The standard InChI is InChI=1S/C12H16F3O3P/c1-3-9(2)18-19(16,17)8-10-4-6-11(7-5-10)12(13,14)15/h4-7,9H,3,8H2,1-2H3,(H,16,17). The molecule has 0 heterocycles. The van der Waals surface area contributed by atoms with E-state index in [0.29, 0.717) is 12.0 Å². The molecule has 7 heteroatoms. The van der Waals surface area contributed by atoms with Crippen molar-refractivity contribution in [2.75, 3.05) is 0 Å². The van der Waals surface area contributed by atoms with Gasteiger partial charge in [0.25, 0.3) is 0 Å². The molecule has 0 bridgehead atoms. The van der Waals surface area contributed by atoms with Crippen LogP contribution < -0.4 is 0 Å². The van der Waals surface area contributed by atoms with Crippen molar-refractivity contribution in [3.63, 3.8) is 0 Å². The van der Waals surface area contributed by atoms with Gasteiger partial charge in [-0.3, -0.25) is 4.57 Å². The lowest BCUT2D eigenvalue weighted by Crippen LogP contribution is -2.06. The number of rotatable bonds is 5. The SMILES string of the molecule is CCC(C)OP(=O)(O)Cc1ccc(C(F)(F)F)cc1. The summed E-state index contributed by atoms with van der Waals surface area (Å²) in [6, 6.07) is 4.15. The first-order valence-corrected chi connectivity index (χ1v) is 7.56. The molecule has 2 unspecified atom stereocenters. The summed E-state index contributed by atoms with van der Waals surface area (Å²) >= 11 is 0. The first-order chi connectivity index (χ1) is 8.64. The van der Waals surface area contributed by atoms with Gasteiger partial charge in [0, 0.05) is 0 Å². The molecule has 1 rings (SSSR count). The van der Waals surface area contributed by atoms with Crippen molar-refractivity contribution in [2.45, 2.75) is 38.7 Å². The third kappa shape index (κ3) is 5.35. The van der Waals surface area contributed by atoms with Gasteiger partial charge < -0.3 is 9.42 Å². The molecule has 0 radical (unpaired) electrons. The summed E-state index contributed by atoms with van der Waals surface area (Å²) in [5.41, 5.74) is -0.450. The maximum atomic E-state index is 12.3. The van der Waals surface area contributed by atoms with Crippen LogP contribution in [0.15, 0.2) is 24.3 Å². The van der Waals surface area contributed by atoms with E-state index in [1.165, 1.54) is 12.1 Å². The van der Waals surface area contributed by atoms with E-state index < -0.39 is 19.3 Å². The Balaban J connectivity index is 2.75. The van der Waals surface area contributed by atoms with Crippen LogP contribution in [0.4, 0.5) is 13.2 Å². The van der Waals surface area contributed by atoms with Crippen LogP contribution in [0.25, 0.3) is 0 Å². The average Bonchev–Trinajstić information content (AvgIpc) is 2.27. The van der Waals surface area contributed by atoms with Crippen molar-refractivity contribution < 1.29 is 27.2 Å². The lowest BCUT2D eigenvalue weighted by molar-refractivity contribution is -0.137. The van der Waals surface area contributed by atoms with Gasteiger partial charge in [-0.2, -0.15) is 13.2 Å². The van der Waals surface area contributed by atoms with Crippen LogP contribution in [0.3, 0.4) is 0 Å². The normalized spacial score (nSPS) is 16.9. The summed E-state index contributed by atoms with van der Waals surface area (Å²) in [5, 5.41) is 0. The number of alkyl halides is 3. The van der Waals surface area contributed by atoms with Gasteiger partial charge in [-0.15, -0.1) is 0 Å². The predicted molar refractivity (Wildman–Crippen MR) is 65.8 cm³/mol. The Labute approximate surface area is 109 Å². The number of hydrogen-bond donors (Lipinski definition) is 1. The third-order valence-electron chi connectivity index (χ3n) is 2.58. The van der Waals surface area contributed by atoms with Gasteiger partial charge in [0.1, 0.15) is 0 Å². The second-order valence-corrected chi connectivity index (χ2v) is 6.12. The fraction of sp³-hybridized carbons (Fsp3) is 0.500. The summed E-state index contributed by atoms with van der Waals surface area (Å²) < 4.78 is 53.8. The number of halogens is 3. The van der Waals surface area contributed by atoms with Crippen molar-refractivity contribution >= 4 is 7.60 Å². The van der Waals surface area contributed by atoms with Gasteiger partial charge in [0.05, 0.1) is 17.8 Å². The highest BCUT2D eigenvalue weighted by Crippen LogP contribution is 2.47. The summed E-state index contributed by atoms with van der Waals surface area (Å²) in [6.45, 7) is 3.47. The van der Waals surface area contributed by atoms with Crippen molar-refractivity contribution in [1.82, 2.24) is 0 Å². The maximum Gasteiger partial charge on any atom is 0.416 e. The summed E-state index contributed by atoms with van der Waals surface area (Å²) in [5.74, 6) is 0. The van der Waals surface area contributed by atoms with Gasteiger partial charge >= 0.3 is 13.8 Å². The second kappa shape index (κ2) is 6.07. The molecule has 1 aromatic carbocycles. The molecule has 2 atom stereocenters. The molecule has 0 saturated heterocycles. The number of hydrogen-bond acceptors (Lipinski definition) is 2. The molecule has 19 heavy (non-hydrogen) atoms. The van der Waals surface area contributed by atoms with E-state index in [-0.39, 0.29) is 12.3 Å². The average molecular weight is 296 g/mol. The molecule has 0 aliphatic carbocycles. The smallest absolute Gasteiger partial charge is 0.324 e. The monoisotopic (exact) mass is 296 g/mol. The number of benzene rings is 1. The van der Waals surface area contributed by atoms with Crippen LogP contribution >= 0.6 is 7.60 Å². The fourth-order valence-electron chi connectivity index (χ4n) is 1.42. The Bertz CT molecular complexity index is 456. The Hall–Kier alpha value is -0.840. The maximum absolute atomic E-state index is 12.3. The fourth-order valence-corrected chi connectivity index (χ4v) is 2.88. The molecular formula is C12H16F3O3P. The third-order valence-corrected chi connectivity index (χ3v) is 4.04. The molecule has 0 amide bonds. The van der Waals surface area contributed by atoms with Crippen molar-refractivity contribution in [3.8, 4) is 0 Å². The van der Waals surface area contributed by atoms with Gasteiger partial charge in [0.15, 0.2) is 0 Å². The minimum absolute atomic E-state index is 0.296. The Morgan fingerprint density at radius 2 is 1.84 bits per heavy atom. The molecule has 1 N–H and O–H groups in total. The molecule has 0 spiro atoms. The zero-order chi connectivity index (χ0) is 14.7. The van der Waals surface area contributed by atoms with Crippen molar-refractivity contribution in [2.24, 2.45) is 0 Å². The van der Waals surface area contributed by atoms with E-state index in [1.54, 1.807) is 6.92 Å². The topological polar surface area (TPSA) is 46.5 Å². The molecule has 0 aliphatic rings. The van der Waals surface area contributed by atoms with E-state index >= 15 is 0 Å². The highest BCUT2D eigenvalue weighted by molar-refractivity contribution is 7.51. The molecule has 108 valence electrons. The predicted octanol–water partition coefficient (Wildman–Crippen LogP) is 4.21. The molecular weight excluding hydrogens is 280 g/mol. The van der Waals surface area contributed by atoms with Gasteiger partial charge in [0.2, 0.25) is 0 Å². The quantitative estimate of drug-likeness (QED) is 0.828. The summed E-state index contributed by atoms with van der Waals surface area (Å²) in [6.07, 6.45) is -4.49. The van der Waals surface area contributed by atoms with E-state index in [2.05, 4.69) is 0 Å². The Morgan fingerprint density at radius 3 is 2.26 bits per heavy atom. The van der Waals surface area contributed by atoms with Crippen LogP contribution in [-0.2, 0) is 21.4 Å². The van der Waals surface area contributed by atoms with Crippen LogP contribution in [0.5, 0.6) is 0 Å². The highest BCUT2D eigenvalue weighted by atomic mass is 31.2. The van der Waals surface area contributed by atoms with Crippen LogP contribution in [0, 0.1) is 0 Å². The molecule has 3 nitrogen and oxygen atoms in total. The van der Waals surface area contributed by atoms with E-state index in [4.69, 9.17) is 4.52 Å². The van der Waals surface area contributed by atoms with Crippen LogP contribution in [0.1, 0.15) is 31.4 Å². The lowest BCUT2D eigenvalue weighted by Gasteiger charge is -2.17. The van der Waals surface area contributed by atoms with E-state index in [0.717, 1.165) is 12.1 Å². The highest BCUT2D eigenvalue weighted by Gasteiger charge is 2.30. The largest absolute Gasteiger partial charge is 0.416 e. The van der Waals surface area contributed by atoms with Crippen LogP contribution in [0.2, 0.25) is 0 Å². The summed E-state index contributed by atoms with van der Waals surface area (Å²) in [7, 11) is -3.82. The van der Waals surface area contributed by atoms with Gasteiger partial charge in [-0.05, 0) is 31.0 Å². The Morgan fingerprint density at radius 1 is 1.32 bits per heavy atom. The van der Waals surface area contributed by atoms with E-state index in [9.17, 15) is 22.6 Å². The van der Waals surface area contributed by atoms with E-state index in [1.807, 2.05) is 6.92 Å². The molecule has 0 aromatic heterocycles. The van der Waals surface area contributed by atoms with Gasteiger partial charge in [-0.1, -0.05) is 19.1 Å². The summed E-state index contributed by atoms with van der Waals surface area (Å²) in [4.78, 5) is 9.61. The van der Waals surface area contributed by atoms with Crippen molar-refractivity contribution in [3.05, 3.63) is 35.4 Å². The molecule has 1 aromatic rings. The molecule has 0 aliphatic heterocycles. The molecule has 0 fully saturated rings. The Kier molecular flexibility index (Phi) is 5.18.